The Morgan fingerprint density at radius 3 is 1.47 bits per heavy atom. The fourth-order valence-corrected chi connectivity index (χ4v) is 10.9. The van der Waals surface area contributed by atoms with Crippen molar-refractivity contribution in [3.05, 3.63) is 119 Å². The van der Waals surface area contributed by atoms with E-state index in [1.807, 2.05) is 0 Å². The average Bonchev–Trinajstić information content (AvgIpc) is 2.85. The third-order valence-electron chi connectivity index (χ3n) is 8.29. The summed E-state index contributed by atoms with van der Waals surface area (Å²) in [5.74, 6) is 0. The molecular weight excluding hydrogens is 519 g/mol. The number of hydrogen-bond acceptors (Lipinski definition) is 0. The highest BCUT2D eigenvalue weighted by Gasteiger charge is 2.51. The minimum atomic E-state index is -2.13. The van der Waals surface area contributed by atoms with Crippen LogP contribution in [0.4, 0.5) is 0 Å². The van der Waals surface area contributed by atoms with E-state index in [-0.39, 0.29) is 27.8 Å². The molecule has 1 aliphatic carbocycles. The van der Waals surface area contributed by atoms with Crippen molar-refractivity contribution in [3.8, 4) is 0 Å². The second-order valence-electron chi connectivity index (χ2n) is 11.6. The van der Waals surface area contributed by atoms with Crippen LogP contribution in [0.5, 0.6) is 0 Å². The molecule has 1 aliphatic rings. The van der Waals surface area contributed by atoms with Gasteiger partial charge in [-0.25, -0.2) is 0 Å². The summed E-state index contributed by atoms with van der Waals surface area (Å²) in [5.41, 5.74) is 6.24. The molecule has 0 amide bonds. The maximum absolute atomic E-state index is 2.63. The fraction of sp³-hybridized carbons (Fsp3) is 0.294. The topological polar surface area (TPSA) is 0 Å². The van der Waals surface area contributed by atoms with Crippen molar-refractivity contribution in [1.29, 1.82) is 0 Å². The van der Waals surface area contributed by atoms with Crippen molar-refractivity contribution >= 4 is 28.5 Å². The van der Waals surface area contributed by atoms with Gasteiger partial charge >= 0.3 is 0 Å². The summed E-state index contributed by atoms with van der Waals surface area (Å²) in [6.45, 7) is 14.4. The SMILES string of the molecule is Cc1ccccc1[P+](c1ccccc1)(c1ccccc1)c1cc2c(cc1C)C(C)(C)CCC2(C)C.[Br-]. The molecule has 0 saturated carbocycles. The number of hydrogen-bond donors (Lipinski definition) is 0. The van der Waals surface area contributed by atoms with Crippen LogP contribution in [0, 0.1) is 13.8 Å². The van der Waals surface area contributed by atoms with E-state index >= 15 is 0 Å². The lowest BCUT2D eigenvalue weighted by Gasteiger charge is -2.43. The highest BCUT2D eigenvalue weighted by atomic mass is 79.9. The van der Waals surface area contributed by atoms with Gasteiger partial charge in [0, 0.05) is 0 Å². The fourth-order valence-electron chi connectivity index (χ4n) is 6.15. The van der Waals surface area contributed by atoms with Crippen LogP contribution in [0.3, 0.4) is 0 Å². The van der Waals surface area contributed by atoms with Gasteiger partial charge in [-0.3, -0.25) is 0 Å². The van der Waals surface area contributed by atoms with Gasteiger partial charge < -0.3 is 17.0 Å². The van der Waals surface area contributed by atoms with E-state index in [1.54, 1.807) is 11.1 Å². The second-order valence-corrected chi connectivity index (χ2v) is 14.9. The maximum atomic E-state index is 2.63. The molecule has 0 aliphatic heterocycles. The quantitative estimate of drug-likeness (QED) is 0.329. The third kappa shape index (κ3) is 4.29. The first-order chi connectivity index (χ1) is 16.7. The van der Waals surface area contributed by atoms with E-state index in [0.717, 1.165) is 0 Å². The van der Waals surface area contributed by atoms with Gasteiger partial charge in [-0.2, -0.15) is 0 Å². The minimum absolute atomic E-state index is 0. The summed E-state index contributed by atoms with van der Waals surface area (Å²) in [6, 6.07) is 36.8. The second kappa shape index (κ2) is 9.92. The first-order valence-corrected chi connectivity index (χ1v) is 14.7. The molecule has 0 bridgehead atoms. The molecule has 186 valence electrons. The summed E-state index contributed by atoms with van der Waals surface area (Å²) < 4.78 is 0. The summed E-state index contributed by atoms with van der Waals surface area (Å²) in [5, 5.41) is 5.83. The number of benzene rings is 4. The molecule has 0 fully saturated rings. The Balaban J connectivity index is 0.00000304. The Hall–Kier alpha value is -2.21. The molecule has 4 aromatic carbocycles. The Morgan fingerprint density at radius 1 is 0.528 bits per heavy atom. The molecular formula is C34H38BrP. The third-order valence-corrected chi connectivity index (χ3v) is 12.9. The molecule has 0 radical (unpaired) electrons. The predicted molar refractivity (Wildman–Crippen MR) is 156 cm³/mol. The molecule has 0 nitrogen and oxygen atoms in total. The maximum Gasteiger partial charge on any atom is 0.144 e. The zero-order valence-electron chi connectivity index (χ0n) is 22.5. The first kappa shape index (κ1) is 26.8. The molecule has 0 heterocycles. The standard InChI is InChI=1S/C34H38P.BrH/c1-25-15-13-14-20-31(25)35(27-16-9-7-10-17-27,28-18-11-8-12-19-28)32-24-30-29(23-26(32)2)33(3,4)21-22-34(30,5)6;/h7-20,23-24H,21-22H2,1-6H3;1H/q+1;/p-1. The number of rotatable bonds is 4. The van der Waals surface area contributed by atoms with Gasteiger partial charge in [-0.15, -0.1) is 0 Å². The van der Waals surface area contributed by atoms with Crippen molar-refractivity contribution in [2.75, 3.05) is 0 Å². The van der Waals surface area contributed by atoms with E-state index in [1.165, 1.54) is 45.2 Å². The van der Waals surface area contributed by atoms with Gasteiger partial charge in [-0.05, 0) is 96.2 Å². The average molecular weight is 558 g/mol. The molecule has 0 N–H and O–H groups in total. The summed E-state index contributed by atoms with van der Waals surface area (Å²) in [7, 11) is -2.13. The Morgan fingerprint density at radius 2 is 0.972 bits per heavy atom. The molecule has 36 heavy (non-hydrogen) atoms. The zero-order chi connectivity index (χ0) is 24.8. The molecule has 0 spiro atoms. The van der Waals surface area contributed by atoms with Gasteiger partial charge in [0.05, 0.1) is 0 Å². The van der Waals surface area contributed by atoms with Crippen molar-refractivity contribution in [3.63, 3.8) is 0 Å². The van der Waals surface area contributed by atoms with Crippen LogP contribution in [-0.4, -0.2) is 0 Å². The van der Waals surface area contributed by atoms with E-state index in [0.29, 0.717) is 0 Å². The molecule has 0 saturated heterocycles. The van der Waals surface area contributed by atoms with Gasteiger partial charge in [0.1, 0.15) is 28.5 Å². The van der Waals surface area contributed by atoms with Crippen LogP contribution in [0.1, 0.15) is 62.8 Å². The van der Waals surface area contributed by atoms with Gasteiger partial charge in [0.2, 0.25) is 0 Å². The molecule has 2 heteroatoms. The lowest BCUT2D eigenvalue weighted by Crippen LogP contribution is -3.00. The summed E-state index contributed by atoms with van der Waals surface area (Å²) in [6.07, 6.45) is 2.46. The van der Waals surface area contributed by atoms with Gasteiger partial charge in [-0.1, -0.05) is 88.4 Å². The van der Waals surface area contributed by atoms with Gasteiger partial charge in [0.25, 0.3) is 0 Å². The van der Waals surface area contributed by atoms with Crippen molar-refractivity contribution < 1.29 is 17.0 Å². The summed E-state index contributed by atoms with van der Waals surface area (Å²) >= 11 is 0. The lowest BCUT2D eigenvalue weighted by atomic mass is 9.63. The van der Waals surface area contributed by atoms with Crippen LogP contribution in [0.2, 0.25) is 0 Å². The smallest absolute Gasteiger partial charge is 0.144 e. The molecule has 0 atom stereocenters. The molecule has 0 unspecified atom stereocenters. The highest BCUT2D eigenvalue weighted by molar-refractivity contribution is 8.01. The minimum Gasteiger partial charge on any atom is -1.00 e. The van der Waals surface area contributed by atoms with Crippen LogP contribution in [-0.2, 0) is 10.8 Å². The molecule has 4 aromatic rings. The van der Waals surface area contributed by atoms with E-state index in [4.69, 9.17) is 0 Å². The normalized spacial score (nSPS) is 16.1. The molecule has 0 aromatic heterocycles. The monoisotopic (exact) mass is 556 g/mol. The Labute approximate surface area is 229 Å². The van der Waals surface area contributed by atoms with Crippen molar-refractivity contribution in [2.24, 2.45) is 0 Å². The molecule has 5 rings (SSSR count). The number of fused-ring (bicyclic) bond motifs is 1. The Kier molecular flexibility index (Phi) is 7.40. The van der Waals surface area contributed by atoms with Crippen LogP contribution in [0.15, 0.2) is 97.1 Å². The van der Waals surface area contributed by atoms with Crippen molar-refractivity contribution in [2.45, 2.75) is 65.2 Å². The van der Waals surface area contributed by atoms with E-state index < -0.39 is 7.26 Å². The van der Waals surface area contributed by atoms with Crippen LogP contribution in [0.25, 0.3) is 0 Å². The van der Waals surface area contributed by atoms with Crippen LogP contribution >= 0.6 is 7.26 Å². The lowest BCUT2D eigenvalue weighted by molar-refractivity contribution is -0.00000755. The van der Waals surface area contributed by atoms with Crippen LogP contribution < -0.4 is 38.2 Å². The largest absolute Gasteiger partial charge is 1.00 e. The van der Waals surface area contributed by atoms with Crippen molar-refractivity contribution in [1.82, 2.24) is 0 Å². The Bertz CT molecular complexity index is 1310. The predicted octanol–water partition coefficient (Wildman–Crippen LogP) is 4.28. The van der Waals surface area contributed by atoms with Gasteiger partial charge in [0.15, 0.2) is 0 Å². The number of halogens is 1. The van der Waals surface area contributed by atoms with E-state index in [9.17, 15) is 0 Å². The highest BCUT2D eigenvalue weighted by Crippen LogP contribution is 2.57. The summed E-state index contributed by atoms with van der Waals surface area (Å²) in [4.78, 5) is 0. The zero-order valence-corrected chi connectivity index (χ0v) is 25.0. The van der Waals surface area contributed by atoms with E-state index in [2.05, 4.69) is 139 Å². The number of aryl methyl sites for hydroxylation is 2. The first-order valence-electron chi connectivity index (χ1n) is 12.9.